The summed E-state index contributed by atoms with van der Waals surface area (Å²) in [5, 5.41) is 3.21. The maximum atomic E-state index is 5.68. The van der Waals surface area contributed by atoms with E-state index in [9.17, 15) is 0 Å². The van der Waals surface area contributed by atoms with Gasteiger partial charge in [-0.15, -0.1) is 0 Å². The van der Waals surface area contributed by atoms with Crippen LogP contribution in [0.5, 0.6) is 11.5 Å². The molecule has 0 radical (unpaired) electrons. The van der Waals surface area contributed by atoms with Crippen LogP contribution in [-0.2, 0) is 6.54 Å². The minimum atomic E-state index is 0.295. The predicted octanol–water partition coefficient (Wildman–Crippen LogP) is 2.00. The van der Waals surface area contributed by atoms with Crippen LogP contribution in [0.4, 0.5) is 11.5 Å². The first-order valence-electron chi connectivity index (χ1n) is 5.65. The lowest BCUT2D eigenvalue weighted by Crippen LogP contribution is -2.01. The zero-order valence-corrected chi connectivity index (χ0v) is 9.72. The third-order valence-electron chi connectivity index (χ3n) is 2.69. The normalized spacial score (nSPS) is 12.4. The Morgan fingerprint density at radius 1 is 1.17 bits per heavy atom. The molecule has 3 N–H and O–H groups in total. The quantitative estimate of drug-likeness (QED) is 0.863. The lowest BCUT2D eigenvalue weighted by molar-refractivity contribution is 0.174. The fourth-order valence-corrected chi connectivity index (χ4v) is 1.79. The third-order valence-corrected chi connectivity index (χ3v) is 2.69. The Morgan fingerprint density at radius 2 is 2.06 bits per heavy atom. The summed E-state index contributed by atoms with van der Waals surface area (Å²) in [5.41, 5.74) is 7.48. The zero-order valence-electron chi connectivity index (χ0n) is 9.72. The number of ether oxygens (including phenoxy) is 2. The molecule has 0 spiro atoms. The summed E-state index contributed by atoms with van der Waals surface area (Å²) in [4.78, 5) is 4.18. The monoisotopic (exact) mass is 243 g/mol. The summed E-state index contributed by atoms with van der Waals surface area (Å²) in [6.07, 6.45) is 1.68. The molecule has 1 aliphatic rings. The molecule has 2 heterocycles. The number of hydrogen-bond donors (Lipinski definition) is 2. The highest BCUT2D eigenvalue weighted by molar-refractivity contribution is 5.49. The number of pyridine rings is 1. The maximum absolute atomic E-state index is 5.68. The van der Waals surface area contributed by atoms with Crippen molar-refractivity contribution in [3.8, 4) is 11.5 Å². The first kappa shape index (κ1) is 10.7. The molecule has 0 saturated heterocycles. The lowest BCUT2D eigenvalue weighted by Gasteiger charge is -2.06. The van der Waals surface area contributed by atoms with Gasteiger partial charge in [-0.25, -0.2) is 4.98 Å². The van der Waals surface area contributed by atoms with E-state index in [1.54, 1.807) is 18.3 Å². The highest BCUT2D eigenvalue weighted by Gasteiger charge is 2.12. The Bertz CT molecular complexity index is 572. The molecule has 2 aromatic rings. The fourth-order valence-electron chi connectivity index (χ4n) is 1.79. The summed E-state index contributed by atoms with van der Waals surface area (Å²) < 4.78 is 10.6. The molecule has 0 saturated carbocycles. The summed E-state index contributed by atoms with van der Waals surface area (Å²) >= 11 is 0. The van der Waals surface area contributed by atoms with E-state index in [4.69, 9.17) is 15.2 Å². The van der Waals surface area contributed by atoms with E-state index in [1.165, 1.54) is 0 Å². The number of aromatic nitrogens is 1. The smallest absolute Gasteiger partial charge is 0.231 e. The molecule has 5 nitrogen and oxygen atoms in total. The molecular formula is C13H13N3O2. The van der Waals surface area contributed by atoms with Crippen LogP contribution in [0, 0.1) is 0 Å². The van der Waals surface area contributed by atoms with E-state index in [2.05, 4.69) is 10.3 Å². The van der Waals surface area contributed by atoms with Gasteiger partial charge >= 0.3 is 0 Å². The van der Waals surface area contributed by atoms with E-state index >= 15 is 0 Å². The molecule has 0 bridgehead atoms. The largest absolute Gasteiger partial charge is 0.454 e. The van der Waals surface area contributed by atoms with Crippen molar-refractivity contribution in [1.29, 1.82) is 0 Å². The van der Waals surface area contributed by atoms with Crippen molar-refractivity contribution in [2.75, 3.05) is 17.8 Å². The van der Waals surface area contributed by atoms with Gasteiger partial charge in [0, 0.05) is 24.5 Å². The molecule has 1 aromatic carbocycles. The van der Waals surface area contributed by atoms with Crippen LogP contribution in [0.3, 0.4) is 0 Å². The third kappa shape index (κ3) is 2.15. The van der Waals surface area contributed by atoms with Crippen LogP contribution in [0.15, 0.2) is 36.5 Å². The van der Waals surface area contributed by atoms with Gasteiger partial charge in [0.15, 0.2) is 11.5 Å². The molecule has 18 heavy (non-hydrogen) atoms. The number of nitrogen functional groups attached to an aromatic ring is 1. The maximum Gasteiger partial charge on any atom is 0.231 e. The molecule has 1 aromatic heterocycles. The second-order valence-electron chi connectivity index (χ2n) is 4.02. The number of fused-ring (bicyclic) bond motifs is 1. The molecule has 0 fully saturated rings. The number of nitrogens with zero attached hydrogens (tertiary/aromatic N) is 1. The highest BCUT2D eigenvalue weighted by atomic mass is 16.7. The van der Waals surface area contributed by atoms with Gasteiger partial charge in [-0.2, -0.15) is 0 Å². The minimum absolute atomic E-state index is 0.295. The highest BCUT2D eigenvalue weighted by Crippen LogP contribution is 2.32. The first-order chi connectivity index (χ1) is 8.81. The molecular weight excluding hydrogens is 230 g/mol. The molecule has 0 unspecified atom stereocenters. The van der Waals surface area contributed by atoms with E-state index in [0.717, 1.165) is 22.9 Å². The van der Waals surface area contributed by atoms with Gasteiger partial charge in [0.25, 0.3) is 0 Å². The summed E-state index contributed by atoms with van der Waals surface area (Å²) in [7, 11) is 0. The van der Waals surface area contributed by atoms with Crippen LogP contribution in [0.25, 0.3) is 0 Å². The Hall–Kier alpha value is -2.43. The molecule has 5 heteroatoms. The van der Waals surface area contributed by atoms with E-state index in [-0.39, 0.29) is 0 Å². The zero-order chi connectivity index (χ0) is 12.4. The summed E-state index contributed by atoms with van der Waals surface area (Å²) in [5.74, 6) is 2.34. The van der Waals surface area contributed by atoms with Crippen molar-refractivity contribution < 1.29 is 9.47 Å². The van der Waals surface area contributed by atoms with Gasteiger partial charge in [-0.3, -0.25) is 0 Å². The van der Waals surface area contributed by atoms with Crippen LogP contribution in [0.2, 0.25) is 0 Å². The second kappa shape index (κ2) is 4.44. The number of nitrogens with one attached hydrogen (secondary N) is 1. The number of benzene rings is 1. The van der Waals surface area contributed by atoms with Crippen molar-refractivity contribution in [2.24, 2.45) is 0 Å². The van der Waals surface area contributed by atoms with E-state index in [1.807, 2.05) is 18.2 Å². The fraction of sp³-hybridized carbons (Fsp3) is 0.154. The van der Waals surface area contributed by atoms with Gasteiger partial charge in [-0.05, 0) is 23.8 Å². The number of anilines is 2. The Balaban J connectivity index is 1.70. The van der Waals surface area contributed by atoms with Gasteiger partial charge in [0.1, 0.15) is 5.82 Å². The van der Waals surface area contributed by atoms with Crippen molar-refractivity contribution >= 4 is 11.5 Å². The number of nitrogens with two attached hydrogens (primary N) is 1. The van der Waals surface area contributed by atoms with Crippen LogP contribution >= 0.6 is 0 Å². The van der Waals surface area contributed by atoms with Crippen LogP contribution < -0.4 is 20.5 Å². The first-order valence-corrected chi connectivity index (χ1v) is 5.65. The average molecular weight is 243 g/mol. The number of hydrogen-bond acceptors (Lipinski definition) is 5. The second-order valence-corrected chi connectivity index (χ2v) is 4.02. The summed E-state index contributed by atoms with van der Waals surface area (Å²) in [6, 6.07) is 9.42. The van der Waals surface area contributed by atoms with Crippen molar-refractivity contribution in [3.05, 3.63) is 42.1 Å². The Labute approximate surface area is 105 Å². The molecule has 0 aliphatic carbocycles. The molecule has 0 atom stereocenters. The minimum Gasteiger partial charge on any atom is -0.454 e. The SMILES string of the molecule is Nc1ccnc(NCc2ccc3c(c2)OCO3)c1. The van der Waals surface area contributed by atoms with E-state index in [0.29, 0.717) is 19.0 Å². The molecule has 0 amide bonds. The van der Waals surface area contributed by atoms with Gasteiger partial charge in [0.05, 0.1) is 0 Å². The lowest BCUT2D eigenvalue weighted by atomic mass is 10.2. The Kier molecular flexibility index (Phi) is 2.64. The molecule has 1 aliphatic heterocycles. The predicted molar refractivity (Wildman–Crippen MR) is 68.5 cm³/mol. The topological polar surface area (TPSA) is 69.4 Å². The van der Waals surface area contributed by atoms with Gasteiger partial charge < -0.3 is 20.5 Å². The van der Waals surface area contributed by atoms with Crippen LogP contribution in [-0.4, -0.2) is 11.8 Å². The average Bonchev–Trinajstić information content (AvgIpc) is 2.84. The van der Waals surface area contributed by atoms with Crippen molar-refractivity contribution in [3.63, 3.8) is 0 Å². The standard InChI is InChI=1S/C13H13N3O2/c14-10-3-4-15-13(6-10)16-7-9-1-2-11-12(5-9)18-8-17-11/h1-6H,7-8H2,(H3,14,15,16). The number of rotatable bonds is 3. The molecule has 92 valence electrons. The van der Waals surface area contributed by atoms with Crippen LogP contribution in [0.1, 0.15) is 5.56 Å². The molecule has 3 rings (SSSR count). The Morgan fingerprint density at radius 3 is 2.94 bits per heavy atom. The van der Waals surface area contributed by atoms with Crippen molar-refractivity contribution in [2.45, 2.75) is 6.54 Å². The van der Waals surface area contributed by atoms with Crippen molar-refractivity contribution in [1.82, 2.24) is 4.98 Å². The van der Waals surface area contributed by atoms with Gasteiger partial charge in [-0.1, -0.05) is 6.07 Å². The van der Waals surface area contributed by atoms with E-state index < -0.39 is 0 Å². The van der Waals surface area contributed by atoms with Gasteiger partial charge in [0.2, 0.25) is 6.79 Å². The summed E-state index contributed by atoms with van der Waals surface area (Å²) in [6.45, 7) is 0.954.